The van der Waals surface area contributed by atoms with E-state index >= 15 is 0 Å². The standard InChI is InChI=1S/C18H23NO/c1-5-17(19-3)15-9-7-14(8-10-15)16-12-13(2)6-11-18(16)20-4/h6-12,17,19H,5H2,1-4H3. The van der Waals surface area contributed by atoms with Crippen LogP contribution in [0.2, 0.25) is 0 Å². The van der Waals surface area contributed by atoms with Crippen molar-refractivity contribution in [1.29, 1.82) is 0 Å². The molecule has 2 nitrogen and oxygen atoms in total. The number of ether oxygens (including phenoxy) is 1. The van der Waals surface area contributed by atoms with Gasteiger partial charge in [0.05, 0.1) is 7.11 Å². The first-order chi connectivity index (χ1) is 9.69. The minimum atomic E-state index is 0.420. The van der Waals surface area contributed by atoms with Crippen LogP contribution < -0.4 is 10.1 Å². The Bertz CT molecular complexity index is 556. The van der Waals surface area contributed by atoms with Crippen LogP contribution in [0.4, 0.5) is 0 Å². The van der Waals surface area contributed by atoms with Crippen LogP contribution in [0.1, 0.15) is 30.5 Å². The van der Waals surface area contributed by atoms with Crippen molar-refractivity contribution in [2.75, 3.05) is 14.2 Å². The van der Waals surface area contributed by atoms with Gasteiger partial charge in [0.2, 0.25) is 0 Å². The zero-order chi connectivity index (χ0) is 14.5. The van der Waals surface area contributed by atoms with Crippen molar-refractivity contribution in [3.05, 3.63) is 53.6 Å². The summed E-state index contributed by atoms with van der Waals surface area (Å²) in [7, 11) is 3.72. The van der Waals surface area contributed by atoms with E-state index in [2.05, 4.69) is 55.6 Å². The minimum absolute atomic E-state index is 0.420. The van der Waals surface area contributed by atoms with Crippen molar-refractivity contribution >= 4 is 0 Å². The number of hydrogen-bond acceptors (Lipinski definition) is 2. The summed E-state index contributed by atoms with van der Waals surface area (Å²) >= 11 is 0. The van der Waals surface area contributed by atoms with Gasteiger partial charge in [-0.1, -0.05) is 42.8 Å². The average molecular weight is 269 g/mol. The Hall–Kier alpha value is -1.80. The molecule has 1 unspecified atom stereocenters. The first-order valence-electron chi connectivity index (χ1n) is 7.11. The Balaban J connectivity index is 2.37. The maximum Gasteiger partial charge on any atom is 0.126 e. The van der Waals surface area contributed by atoms with Gasteiger partial charge in [0.1, 0.15) is 5.75 Å². The van der Waals surface area contributed by atoms with E-state index in [1.807, 2.05) is 13.1 Å². The molecule has 0 aliphatic rings. The smallest absolute Gasteiger partial charge is 0.126 e. The van der Waals surface area contributed by atoms with Crippen LogP contribution in [-0.4, -0.2) is 14.2 Å². The molecule has 0 radical (unpaired) electrons. The Morgan fingerprint density at radius 2 is 1.80 bits per heavy atom. The molecule has 0 heterocycles. The van der Waals surface area contributed by atoms with Gasteiger partial charge >= 0.3 is 0 Å². The van der Waals surface area contributed by atoms with Crippen LogP contribution >= 0.6 is 0 Å². The summed E-state index contributed by atoms with van der Waals surface area (Å²) < 4.78 is 5.46. The number of nitrogens with one attached hydrogen (secondary N) is 1. The van der Waals surface area contributed by atoms with E-state index in [9.17, 15) is 0 Å². The quantitative estimate of drug-likeness (QED) is 0.871. The maximum atomic E-state index is 5.46. The lowest BCUT2D eigenvalue weighted by molar-refractivity contribution is 0.416. The number of methoxy groups -OCH3 is 1. The highest BCUT2D eigenvalue weighted by atomic mass is 16.5. The Labute approximate surface area is 121 Å². The molecular formula is C18H23NO. The summed E-state index contributed by atoms with van der Waals surface area (Å²) in [4.78, 5) is 0. The van der Waals surface area contributed by atoms with Gasteiger partial charge in [-0.15, -0.1) is 0 Å². The van der Waals surface area contributed by atoms with Crippen molar-refractivity contribution in [1.82, 2.24) is 5.32 Å². The van der Waals surface area contributed by atoms with Gasteiger partial charge in [-0.2, -0.15) is 0 Å². The van der Waals surface area contributed by atoms with E-state index < -0.39 is 0 Å². The fourth-order valence-corrected chi connectivity index (χ4v) is 2.55. The Morgan fingerprint density at radius 3 is 2.35 bits per heavy atom. The van der Waals surface area contributed by atoms with Crippen molar-refractivity contribution < 1.29 is 4.74 Å². The fraction of sp³-hybridized carbons (Fsp3) is 0.333. The highest BCUT2D eigenvalue weighted by Crippen LogP contribution is 2.31. The second-order valence-corrected chi connectivity index (χ2v) is 5.08. The first kappa shape index (κ1) is 14.6. The third-order valence-corrected chi connectivity index (χ3v) is 3.74. The molecule has 106 valence electrons. The molecule has 0 saturated heterocycles. The highest BCUT2D eigenvalue weighted by Gasteiger charge is 2.09. The van der Waals surface area contributed by atoms with Gasteiger partial charge < -0.3 is 10.1 Å². The van der Waals surface area contributed by atoms with E-state index in [-0.39, 0.29) is 0 Å². The fourth-order valence-electron chi connectivity index (χ4n) is 2.55. The molecule has 1 N–H and O–H groups in total. The van der Waals surface area contributed by atoms with E-state index in [1.54, 1.807) is 7.11 Å². The lowest BCUT2D eigenvalue weighted by Crippen LogP contribution is -2.14. The second-order valence-electron chi connectivity index (χ2n) is 5.08. The highest BCUT2D eigenvalue weighted by molar-refractivity contribution is 5.71. The predicted molar refractivity (Wildman–Crippen MR) is 85.3 cm³/mol. The van der Waals surface area contributed by atoms with E-state index in [4.69, 9.17) is 4.74 Å². The molecule has 20 heavy (non-hydrogen) atoms. The Morgan fingerprint density at radius 1 is 1.10 bits per heavy atom. The summed E-state index contributed by atoms with van der Waals surface area (Å²) in [5, 5.41) is 3.33. The molecule has 0 bridgehead atoms. The van der Waals surface area contributed by atoms with Crippen LogP contribution in [0.15, 0.2) is 42.5 Å². The van der Waals surface area contributed by atoms with Gasteiger partial charge in [0.25, 0.3) is 0 Å². The van der Waals surface area contributed by atoms with Gasteiger partial charge in [0.15, 0.2) is 0 Å². The molecule has 2 aromatic rings. The molecule has 2 heteroatoms. The molecule has 0 aliphatic carbocycles. The topological polar surface area (TPSA) is 21.3 Å². The normalized spacial score (nSPS) is 12.2. The largest absolute Gasteiger partial charge is 0.496 e. The van der Waals surface area contributed by atoms with E-state index in [0.717, 1.165) is 17.7 Å². The van der Waals surface area contributed by atoms with E-state index in [1.165, 1.54) is 16.7 Å². The van der Waals surface area contributed by atoms with Crippen LogP contribution in [0.3, 0.4) is 0 Å². The number of rotatable bonds is 5. The van der Waals surface area contributed by atoms with Crippen LogP contribution in [-0.2, 0) is 0 Å². The summed E-state index contributed by atoms with van der Waals surface area (Å²) in [5.74, 6) is 0.920. The maximum absolute atomic E-state index is 5.46. The SMILES string of the molecule is CCC(NC)c1ccc(-c2cc(C)ccc2OC)cc1. The first-order valence-corrected chi connectivity index (χ1v) is 7.11. The summed E-state index contributed by atoms with van der Waals surface area (Å²) in [5.41, 5.74) is 4.91. The van der Waals surface area contributed by atoms with Gasteiger partial charge in [0, 0.05) is 11.6 Å². The van der Waals surface area contributed by atoms with Gasteiger partial charge in [-0.25, -0.2) is 0 Å². The molecular weight excluding hydrogens is 246 g/mol. The zero-order valence-electron chi connectivity index (χ0n) is 12.7. The lowest BCUT2D eigenvalue weighted by Gasteiger charge is -2.15. The third-order valence-electron chi connectivity index (χ3n) is 3.74. The third kappa shape index (κ3) is 3.02. The molecule has 0 saturated carbocycles. The van der Waals surface area contributed by atoms with Crippen LogP contribution in [0, 0.1) is 6.92 Å². The molecule has 0 aromatic heterocycles. The molecule has 0 fully saturated rings. The minimum Gasteiger partial charge on any atom is -0.496 e. The predicted octanol–water partition coefficient (Wildman–Crippen LogP) is 4.34. The molecule has 0 spiro atoms. The monoisotopic (exact) mass is 269 g/mol. The number of hydrogen-bond donors (Lipinski definition) is 1. The number of aryl methyl sites for hydroxylation is 1. The summed E-state index contributed by atoms with van der Waals surface area (Å²) in [6.07, 6.45) is 1.09. The number of benzene rings is 2. The Kier molecular flexibility index (Phi) is 4.80. The van der Waals surface area contributed by atoms with Crippen LogP contribution in [0.5, 0.6) is 5.75 Å². The van der Waals surface area contributed by atoms with Gasteiger partial charge in [-0.3, -0.25) is 0 Å². The van der Waals surface area contributed by atoms with Crippen molar-refractivity contribution in [3.8, 4) is 16.9 Å². The molecule has 2 aromatic carbocycles. The zero-order valence-corrected chi connectivity index (χ0v) is 12.7. The van der Waals surface area contributed by atoms with Crippen molar-refractivity contribution in [3.63, 3.8) is 0 Å². The molecule has 1 atom stereocenters. The van der Waals surface area contributed by atoms with Crippen LogP contribution in [0.25, 0.3) is 11.1 Å². The van der Waals surface area contributed by atoms with Crippen molar-refractivity contribution in [2.45, 2.75) is 26.3 Å². The second kappa shape index (κ2) is 6.58. The molecule has 0 aliphatic heterocycles. The lowest BCUT2D eigenvalue weighted by atomic mass is 9.98. The molecule has 2 rings (SSSR count). The van der Waals surface area contributed by atoms with E-state index in [0.29, 0.717) is 6.04 Å². The van der Waals surface area contributed by atoms with Crippen molar-refractivity contribution in [2.24, 2.45) is 0 Å². The summed E-state index contributed by atoms with van der Waals surface area (Å²) in [6, 6.07) is 15.4. The average Bonchev–Trinajstić information content (AvgIpc) is 2.49. The molecule has 0 amide bonds. The summed E-state index contributed by atoms with van der Waals surface area (Å²) in [6.45, 7) is 4.30. The van der Waals surface area contributed by atoms with Gasteiger partial charge in [-0.05, 0) is 43.7 Å².